The summed E-state index contributed by atoms with van der Waals surface area (Å²) in [7, 11) is 0. The average Bonchev–Trinajstić information content (AvgIpc) is 3.07. The average molecular weight is 385 g/mol. The molecule has 8 heteroatoms. The van der Waals surface area contributed by atoms with Gasteiger partial charge in [-0.2, -0.15) is 0 Å². The van der Waals surface area contributed by atoms with Crippen LogP contribution >= 0.6 is 0 Å². The van der Waals surface area contributed by atoms with Gasteiger partial charge < -0.3 is 19.9 Å². The molecule has 0 aromatic carbocycles. The van der Waals surface area contributed by atoms with Crippen molar-refractivity contribution in [1.82, 2.24) is 15.0 Å². The summed E-state index contributed by atoms with van der Waals surface area (Å²) in [4.78, 5) is 38.1. The van der Waals surface area contributed by atoms with Crippen LogP contribution in [-0.4, -0.2) is 45.5 Å². The maximum Gasteiger partial charge on any atom is 0.303 e. The third-order valence-corrected chi connectivity index (χ3v) is 5.03. The number of hydrogen-bond donors (Lipinski definition) is 2. The number of ether oxygens (including phenoxy) is 1. The van der Waals surface area contributed by atoms with Gasteiger partial charge in [-0.3, -0.25) is 9.59 Å². The minimum atomic E-state index is -1.26. The molecule has 1 aliphatic rings. The number of carbonyl (C=O) groups is 2. The molecule has 2 N–H and O–H groups in total. The van der Waals surface area contributed by atoms with E-state index in [-0.39, 0.29) is 5.91 Å². The van der Waals surface area contributed by atoms with Crippen molar-refractivity contribution in [3.63, 3.8) is 0 Å². The Hall–Kier alpha value is -2.90. The normalized spacial score (nSPS) is 15.4. The number of H-pyrrole nitrogens is 1. The van der Waals surface area contributed by atoms with Gasteiger partial charge in [-0.25, -0.2) is 9.97 Å². The molecule has 0 saturated carbocycles. The molecule has 0 radical (unpaired) electrons. The van der Waals surface area contributed by atoms with Gasteiger partial charge in [-0.1, -0.05) is 0 Å². The van der Waals surface area contributed by atoms with Crippen LogP contribution < -0.4 is 10.2 Å². The summed E-state index contributed by atoms with van der Waals surface area (Å²) < 4.78 is 5.13. The Morgan fingerprint density at radius 2 is 2.00 bits per heavy atom. The van der Waals surface area contributed by atoms with E-state index >= 15 is 0 Å². The number of anilines is 2. The molecule has 2 aromatic rings. The number of esters is 1. The van der Waals surface area contributed by atoms with E-state index in [0.717, 1.165) is 43.1 Å². The van der Waals surface area contributed by atoms with Crippen LogP contribution in [0.1, 0.15) is 50.9 Å². The first-order valence-corrected chi connectivity index (χ1v) is 9.49. The van der Waals surface area contributed by atoms with Crippen LogP contribution in [0.4, 0.5) is 11.5 Å². The fraction of sp³-hybridized carbons (Fsp3) is 0.500. The van der Waals surface area contributed by atoms with Gasteiger partial charge in [0.25, 0.3) is 5.91 Å². The van der Waals surface area contributed by atoms with Gasteiger partial charge in [0.15, 0.2) is 11.4 Å². The highest BCUT2D eigenvalue weighted by molar-refractivity contribution is 5.99. The molecule has 1 aliphatic heterocycles. The van der Waals surface area contributed by atoms with Gasteiger partial charge in [-0.05, 0) is 45.7 Å². The molecule has 1 fully saturated rings. The number of piperidine rings is 1. The van der Waals surface area contributed by atoms with Crippen LogP contribution in [0.15, 0.2) is 24.7 Å². The highest BCUT2D eigenvalue weighted by atomic mass is 16.6. The van der Waals surface area contributed by atoms with Crippen LogP contribution in [0.25, 0.3) is 0 Å². The molecule has 2 aromatic heterocycles. The van der Waals surface area contributed by atoms with E-state index in [0.29, 0.717) is 11.6 Å². The predicted octanol–water partition coefficient (Wildman–Crippen LogP) is 2.78. The molecule has 0 atom stereocenters. The molecule has 0 unspecified atom stereocenters. The number of carbonyl (C=O) groups excluding carboxylic acids is 2. The van der Waals surface area contributed by atoms with Crippen molar-refractivity contribution in [2.24, 2.45) is 0 Å². The van der Waals surface area contributed by atoms with Crippen LogP contribution in [0.2, 0.25) is 0 Å². The first-order valence-electron chi connectivity index (χ1n) is 9.49. The fourth-order valence-corrected chi connectivity index (χ4v) is 3.57. The molecule has 8 nitrogen and oxygen atoms in total. The van der Waals surface area contributed by atoms with E-state index in [9.17, 15) is 9.59 Å². The Kier molecular flexibility index (Phi) is 5.67. The zero-order valence-electron chi connectivity index (χ0n) is 16.8. The number of aryl methyl sites for hydroxylation is 1. The van der Waals surface area contributed by atoms with Crippen molar-refractivity contribution in [3.05, 3.63) is 36.0 Å². The van der Waals surface area contributed by atoms with E-state index in [1.807, 2.05) is 13.0 Å². The number of hydrogen-bond acceptors (Lipinski definition) is 6. The van der Waals surface area contributed by atoms with Gasteiger partial charge in [0, 0.05) is 37.8 Å². The van der Waals surface area contributed by atoms with Gasteiger partial charge in [-0.15, -0.1) is 0 Å². The maximum absolute atomic E-state index is 12.6. The Morgan fingerprint density at radius 1 is 1.29 bits per heavy atom. The molecule has 150 valence electrons. The smallest absolute Gasteiger partial charge is 0.303 e. The summed E-state index contributed by atoms with van der Waals surface area (Å²) in [5.41, 5.74) is 1.61. The standard InChI is InChI=1S/C20H27N5O3/c1-13-17(23-12-22-13)15-7-10-25(11-8-15)18-16(6-5-9-21-18)24-19(27)20(3,4)28-14(2)26/h5-6,9,12,15H,7-8,10-11H2,1-4H3,(H,22,23)(H,24,27). The highest BCUT2D eigenvalue weighted by Gasteiger charge is 2.32. The molecule has 1 saturated heterocycles. The van der Waals surface area contributed by atoms with Crippen LogP contribution in [-0.2, 0) is 14.3 Å². The SMILES string of the molecule is CC(=O)OC(C)(C)C(=O)Nc1cccnc1N1CCC(c2nc[nH]c2C)CC1. The third kappa shape index (κ3) is 4.32. The van der Waals surface area contributed by atoms with Crippen LogP contribution in [0.3, 0.4) is 0 Å². The number of rotatable bonds is 5. The van der Waals surface area contributed by atoms with E-state index in [1.165, 1.54) is 6.92 Å². The number of pyridine rings is 1. The Labute approximate surface area is 164 Å². The summed E-state index contributed by atoms with van der Waals surface area (Å²) in [6.45, 7) is 8.12. The van der Waals surface area contributed by atoms with Crippen molar-refractivity contribution in [3.8, 4) is 0 Å². The third-order valence-electron chi connectivity index (χ3n) is 5.03. The summed E-state index contributed by atoms with van der Waals surface area (Å²) in [5, 5.41) is 2.86. The molecule has 3 rings (SSSR count). The number of aromatic amines is 1. The second-order valence-electron chi connectivity index (χ2n) is 7.61. The zero-order valence-corrected chi connectivity index (χ0v) is 16.8. The fourth-order valence-electron chi connectivity index (χ4n) is 3.57. The molecule has 0 bridgehead atoms. The Balaban J connectivity index is 1.70. The minimum absolute atomic E-state index is 0.390. The van der Waals surface area contributed by atoms with Crippen LogP contribution in [0, 0.1) is 6.92 Å². The van der Waals surface area contributed by atoms with E-state index < -0.39 is 11.6 Å². The van der Waals surface area contributed by atoms with E-state index in [2.05, 4.69) is 25.2 Å². The largest absolute Gasteiger partial charge is 0.450 e. The van der Waals surface area contributed by atoms with Crippen molar-refractivity contribution in [1.29, 1.82) is 0 Å². The zero-order chi connectivity index (χ0) is 20.3. The van der Waals surface area contributed by atoms with Crippen molar-refractivity contribution >= 4 is 23.4 Å². The number of aromatic nitrogens is 3. The minimum Gasteiger partial charge on any atom is -0.450 e. The second kappa shape index (κ2) is 8.00. The summed E-state index contributed by atoms with van der Waals surface area (Å²) >= 11 is 0. The number of imidazole rings is 1. The lowest BCUT2D eigenvalue weighted by atomic mass is 9.92. The molecule has 28 heavy (non-hydrogen) atoms. The van der Waals surface area contributed by atoms with Crippen LogP contribution in [0.5, 0.6) is 0 Å². The van der Waals surface area contributed by atoms with Gasteiger partial charge in [0.05, 0.1) is 17.7 Å². The Bertz CT molecular complexity index is 853. The van der Waals surface area contributed by atoms with Gasteiger partial charge in [0.1, 0.15) is 0 Å². The molecule has 0 spiro atoms. The lowest BCUT2D eigenvalue weighted by Crippen LogP contribution is -2.41. The second-order valence-corrected chi connectivity index (χ2v) is 7.61. The van der Waals surface area contributed by atoms with E-state index in [4.69, 9.17) is 4.74 Å². The first kappa shape index (κ1) is 19.9. The van der Waals surface area contributed by atoms with Crippen molar-refractivity contribution < 1.29 is 14.3 Å². The number of nitrogens with zero attached hydrogens (tertiary/aromatic N) is 3. The number of nitrogens with one attached hydrogen (secondary N) is 2. The van der Waals surface area contributed by atoms with Crippen molar-refractivity contribution in [2.45, 2.75) is 52.1 Å². The maximum atomic E-state index is 12.6. The lowest BCUT2D eigenvalue weighted by Gasteiger charge is -2.33. The molecule has 3 heterocycles. The highest BCUT2D eigenvalue weighted by Crippen LogP contribution is 2.33. The molecular formula is C20H27N5O3. The number of amides is 1. The quantitative estimate of drug-likeness (QED) is 0.768. The van der Waals surface area contributed by atoms with Gasteiger partial charge >= 0.3 is 5.97 Å². The summed E-state index contributed by atoms with van der Waals surface area (Å²) in [6, 6.07) is 3.59. The van der Waals surface area contributed by atoms with E-state index in [1.54, 1.807) is 32.4 Å². The first-order chi connectivity index (χ1) is 13.3. The Morgan fingerprint density at radius 3 is 2.61 bits per heavy atom. The van der Waals surface area contributed by atoms with Gasteiger partial charge in [0.2, 0.25) is 0 Å². The molecule has 0 aliphatic carbocycles. The monoisotopic (exact) mass is 385 g/mol. The topological polar surface area (TPSA) is 100 Å². The predicted molar refractivity (Wildman–Crippen MR) is 106 cm³/mol. The summed E-state index contributed by atoms with van der Waals surface area (Å²) in [5.74, 6) is 0.264. The summed E-state index contributed by atoms with van der Waals surface area (Å²) in [6.07, 6.45) is 5.39. The molecule has 1 amide bonds. The lowest BCUT2D eigenvalue weighted by molar-refractivity contribution is -0.160. The van der Waals surface area contributed by atoms with Crippen molar-refractivity contribution in [2.75, 3.05) is 23.3 Å². The molecular weight excluding hydrogens is 358 g/mol.